The van der Waals surface area contributed by atoms with Gasteiger partial charge in [0.05, 0.1) is 7.11 Å². The molecule has 14 heavy (non-hydrogen) atoms. The molecule has 0 spiro atoms. The van der Waals surface area contributed by atoms with Crippen LogP contribution in [0.4, 0.5) is 0 Å². The first-order chi connectivity index (χ1) is 6.29. The number of carbonyl (C=O) groups is 1. The number of hydrogen-bond donors (Lipinski definition) is 2. The minimum absolute atomic E-state index is 0.159. The van der Waals surface area contributed by atoms with Crippen LogP contribution < -0.4 is 11.5 Å². The number of alkyl halides is 3. The molecular formula is C7H13Cl3N2O2. The van der Waals surface area contributed by atoms with E-state index in [-0.39, 0.29) is 6.42 Å². The molecule has 4 N–H and O–H groups in total. The lowest BCUT2D eigenvalue weighted by molar-refractivity contribution is -0.147. The Morgan fingerprint density at radius 3 is 2.21 bits per heavy atom. The summed E-state index contributed by atoms with van der Waals surface area (Å²) in [5, 5.41) is 0. The Labute approximate surface area is 97.8 Å². The normalized spacial score (nSPS) is 16.1. The Bertz CT molecular complexity index is 208. The van der Waals surface area contributed by atoms with Gasteiger partial charge in [-0.1, -0.05) is 34.8 Å². The Balaban J connectivity index is 4.76. The maximum absolute atomic E-state index is 11.3. The summed E-state index contributed by atoms with van der Waals surface area (Å²) < 4.78 is 2.57. The fraction of sp³-hybridized carbons (Fsp3) is 0.857. The summed E-state index contributed by atoms with van der Waals surface area (Å²) in [6.07, 6.45) is 0.631. The van der Waals surface area contributed by atoms with E-state index in [0.29, 0.717) is 13.0 Å². The van der Waals surface area contributed by atoms with Crippen molar-refractivity contribution >= 4 is 40.8 Å². The smallest absolute Gasteiger partial charge is 0.330 e. The molecule has 0 aliphatic carbocycles. The third-order valence-corrected chi connectivity index (χ3v) is 2.84. The molecule has 0 radical (unpaired) electrons. The first-order valence-corrected chi connectivity index (χ1v) is 5.07. The molecule has 4 nitrogen and oxygen atoms in total. The molecule has 84 valence electrons. The number of ether oxygens (including phenoxy) is 1. The number of esters is 1. The van der Waals surface area contributed by atoms with Gasteiger partial charge in [-0.3, -0.25) is 0 Å². The van der Waals surface area contributed by atoms with Crippen LogP contribution in [0, 0.1) is 0 Å². The van der Waals surface area contributed by atoms with Gasteiger partial charge in [-0.25, -0.2) is 4.79 Å². The Morgan fingerprint density at radius 2 is 1.93 bits per heavy atom. The van der Waals surface area contributed by atoms with Gasteiger partial charge in [0.25, 0.3) is 0 Å². The van der Waals surface area contributed by atoms with E-state index in [2.05, 4.69) is 4.74 Å². The molecular weight excluding hydrogens is 250 g/mol. The highest BCUT2D eigenvalue weighted by Gasteiger charge is 2.51. The zero-order valence-electron chi connectivity index (χ0n) is 7.73. The molecule has 0 saturated carbocycles. The maximum Gasteiger partial charge on any atom is 0.330 e. The molecule has 0 aliphatic heterocycles. The van der Waals surface area contributed by atoms with E-state index in [1.165, 1.54) is 7.11 Å². The average molecular weight is 264 g/mol. The zero-order chi connectivity index (χ0) is 11.4. The van der Waals surface area contributed by atoms with Crippen LogP contribution >= 0.6 is 34.8 Å². The molecule has 0 unspecified atom stereocenters. The fourth-order valence-corrected chi connectivity index (χ4v) is 1.44. The van der Waals surface area contributed by atoms with E-state index in [1.807, 2.05) is 0 Å². The van der Waals surface area contributed by atoms with Crippen LogP contribution in [0.1, 0.15) is 12.8 Å². The fourth-order valence-electron chi connectivity index (χ4n) is 0.923. The lowest BCUT2D eigenvalue weighted by Crippen LogP contribution is -2.58. The van der Waals surface area contributed by atoms with Gasteiger partial charge in [0.1, 0.15) is 0 Å². The van der Waals surface area contributed by atoms with Crippen LogP contribution in [0.5, 0.6) is 0 Å². The van der Waals surface area contributed by atoms with Gasteiger partial charge in [0.2, 0.25) is 3.79 Å². The molecule has 0 aliphatic rings. The Kier molecular flexibility index (Phi) is 5.47. The van der Waals surface area contributed by atoms with Gasteiger partial charge in [0.15, 0.2) is 5.54 Å². The first-order valence-electron chi connectivity index (χ1n) is 3.93. The van der Waals surface area contributed by atoms with Crippen molar-refractivity contribution < 1.29 is 9.53 Å². The maximum atomic E-state index is 11.3. The van der Waals surface area contributed by atoms with E-state index in [9.17, 15) is 4.79 Å². The highest BCUT2D eigenvalue weighted by Crippen LogP contribution is 2.39. The molecule has 0 bridgehead atoms. The third kappa shape index (κ3) is 3.14. The first kappa shape index (κ1) is 14.3. The molecule has 0 heterocycles. The standard InChI is InChI=1S/C7H13Cl3N2O2/c1-14-5(13)6(12,3-2-4-11)7(8,9)10/h2-4,11-12H2,1H3/t6-/m0/s1. The minimum atomic E-state index is -1.91. The van der Waals surface area contributed by atoms with Gasteiger partial charge in [-0.15, -0.1) is 0 Å². The predicted molar refractivity (Wildman–Crippen MR) is 57.5 cm³/mol. The van der Waals surface area contributed by atoms with Crippen molar-refractivity contribution in [3.8, 4) is 0 Å². The van der Waals surface area contributed by atoms with Crippen LogP contribution in [-0.2, 0) is 9.53 Å². The van der Waals surface area contributed by atoms with Crippen molar-refractivity contribution in [1.82, 2.24) is 0 Å². The zero-order valence-corrected chi connectivity index (χ0v) is 9.99. The molecule has 0 aromatic carbocycles. The summed E-state index contributed by atoms with van der Waals surface area (Å²) in [6.45, 7) is 0.358. The Hall–Kier alpha value is 0.260. The van der Waals surface area contributed by atoms with Crippen molar-refractivity contribution in [1.29, 1.82) is 0 Å². The third-order valence-electron chi connectivity index (χ3n) is 1.83. The summed E-state index contributed by atoms with van der Waals surface area (Å²) in [5.41, 5.74) is 9.33. The number of nitrogens with two attached hydrogens (primary N) is 2. The summed E-state index contributed by atoms with van der Waals surface area (Å²) in [4.78, 5) is 11.3. The molecule has 1 atom stereocenters. The van der Waals surface area contributed by atoms with Crippen LogP contribution in [0.15, 0.2) is 0 Å². The highest BCUT2D eigenvalue weighted by molar-refractivity contribution is 6.69. The molecule has 0 saturated heterocycles. The van der Waals surface area contributed by atoms with Crippen LogP contribution in [0.2, 0.25) is 0 Å². The van der Waals surface area contributed by atoms with E-state index < -0.39 is 15.3 Å². The lowest BCUT2D eigenvalue weighted by Gasteiger charge is -2.32. The van der Waals surface area contributed by atoms with Crippen molar-refractivity contribution in [2.45, 2.75) is 22.2 Å². The number of carbonyl (C=O) groups excluding carboxylic acids is 1. The summed E-state index contributed by atoms with van der Waals surface area (Å²) in [7, 11) is 1.18. The van der Waals surface area contributed by atoms with Gasteiger partial charge in [0, 0.05) is 0 Å². The number of methoxy groups -OCH3 is 1. The van der Waals surface area contributed by atoms with Crippen molar-refractivity contribution in [3.63, 3.8) is 0 Å². The molecule has 7 heteroatoms. The number of halogens is 3. The summed E-state index contributed by atoms with van der Waals surface area (Å²) in [5.74, 6) is -0.758. The van der Waals surface area contributed by atoms with Gasteiger partial charge < -0.3 is 16.2 Å². The lowest BCUT2D eigenvalue weighted by atomic mass is 9.96. The Morgan fingerprint density at radius 1 is 1.43 bits per heavy atom. The molecule has 0 aromatic heterocycles. The summed E-state index contributed by atoms with van der Waals surface area (Å²) >= 11 is 16.8. The topological polar surface area (TPSA) is 78.3 Å². The monoisotopic (exact) mass is 262 g/mol. The number of hydrogen-bond acceptors (Lipinski definition) is 4. The SMILES string of the molecule is COC(=O)[C@@](N)(CCCN)C(Cl)(Cl)Cl. The second kappa shape index (κ2) is 5.37. The van der Waals surface area contributed by atoms with E-state index >= 15 is 0 Å². The van der Waals surface area contributed by atoms with E-state index in [4.69, 9.17) is 46.3 Å². The van der Waals surface area contributed by atoms with Crippen LogP contribution in [-0.4, -0.2) is 29.0 Å². The average Bonchev–Trinajstić information content (AvgIpc) is 2.10. The second-order valence-electron chi connectivity index (χ2n) is 2.85. The van der Waals surface area contributed by atoms with Crippen molar-refractivity contribution in [3.05, 3.63) is 0 Å². The predicted octanol–water partition coefficient (Wildman–Crippen LogP) is 0.966. The van der Waals surface area contributed by atoms with E-state index in [1.54, 1.807) is 0 Å². The van der Waals surface area contributed by atoms with E-state index in [0.717, 1.165) is 0 Å². The van der Waals surface area contributed by atoms with Crippen molar-refractivity contribution in [2.75, 3.05) is 13.7 Å². The van der Waals surface area contributed by atoms with Crippen LogP contribution in [0.25, 0.3) is 0 Å². The quantitative estimate of drug-likeness (QED) is 0.585. The van der Waals surface area contributed by atoms with Crippen LogP contribution in [0.3, 0.4) is 0 Å². The largest absolute Gasteiger partial charge is 0.468 e. The molecule has 0 rings (SSSR count). The molecule has 0 amide bonds. The molecule has 0 fully saturated rings. The second-order valence-corrected chi connectivity index (χ2v) is 5.13. The summed E-state index contributed by atoms with van der Waals surface area (Å²) in [6, 6.07) is 0. The van der Waals surface area contributed by atoms with Gasteiger partial charge in [-0.05, 0) is 19.4 Å². The van der Waals surface area contributed by atoms with Crippen molar-refractivity contribution in [2.24, 2.45) is 11.5 Å². The highest BCUT2D eigenvalue weighted by atomic mass is 35.6. The number of rotatable bonds is 4. The van der Waals surface area contributed by atoms with Gasteiger partial charge >= 0.3 is 5.97 Å². The van der Waals surface area contributed by atoms with Gasteiger partial charge in [-0.2, -0.15) is 0 Å². The minimum Gasteiger partial charge on any atom is -0.468 e. The molecule has 0 aromatic rings.